The molecule has 1 heterocycles. The van der Waals surface area contributed by atoms with Crippen LogP contribution in [0.5, 0.6) is 0 Å². The van der Waals surface area contributed by atoms with Crippen molar-refractivity contribution in [1.29, 1.82) is 0 Å². The third-order valence-electron chi connectivity index (χ3n) is 3.25. The maximum Gasteiger partial charge on any atom is 0.287 e. The first-order valence-electron chi connectivity index (χ1n) is 6.24. The Morgan fingerprint density at radius 1 is 1.47 bits per heavy atom. The number of nitrogens with zero attached hydrogens (tertiary/aromatic N) is 2. The fourth-order valence-corrected chi connectivity index (χ4v) is 2.46. The first-order chi connectivity index (χ1) is 8.22. The molecule has 1 aromatic heterocycles. The fourth-order valence-electron chi connectivity index (χ4n) is 2.26. The van der Waals surface area contributed by atoms with Gasteiger partial charge in [-0.15, -0.1) is 0 Å². The molecule has 1 aliphatic rings. The van der Waals surface area contributed by atoms with Crippen LogP contribution in [-0.4, -0.2) is 15.8 Å². The highest BCUT2D eigenvalue weighted by Gasteiger charge is 2.16. The first-order valence-corrected chi connectivity index (χ1v) is 6.62. The van der Waals surface area contributed by atoms with Gasteiger partial charge in [0.15, 0.2) is 0 Å². The molecule has 1 saturated carbocycles. The van der Waals surface area contributed by atoms with E-state index in [1.165, 1.54) is 23.9 Å². The zero-order chi connectivity index (χ0) is 12.3. The van der Waals surface area contributed by atoms with Crippen molar-refractivity contribution in [2.45, 2.75) is 51.6 Å². The van der Waals surface area contributed by atoms with Gasteiger partial charge in [0.25, 0.3) is 5.56 Å². The molecule has 0 aliphatic heterocycles. The fraction of sp³-hybridized carbons (Fsp3) is 0.667. The van der Waals surface area contributed by atoms with Crippen molar-refractivity contribution in [3.63, 3.8) is 0 Å². The van der Waals surface area contributed by atoms with Crippen molar-refractivity contribution in [3.05, 3.63) is 21.6 Å². The lowest BCUT2D eigenvalue weighted by Gasteiger charge is -2.24. The van der Waals surface area contributed by atoms with E-state index < -0.39 is 0 Å². The van der Waals surface area contributed by atoms with Gasteiger partial charge < -0.3 is 5.32 Å². The van der Waals surface area contributed by atoms with Crippen LogP contribution >= 0.6 is 11.6 Å². The third kappa shape index (κ3) is 2.80. The molecular weight excluding hydrogens is 238 g/mol. The highest BCUT2D eigenvalue weighted by Crippen LogP contribution is 2.23. The number of halogens is 1. The zero-order valence-corrected chi connectivity index (χ0v) is 10.8. The number of hydrogen-bond acceptors (Lipinski definition) is 3. The van der Waals surface area contributed by atoms with Gasteiger partial charge in [0.05, 0.1) is 11.9 Å². The van der Waals surface area contributed by atoms with Crippen LogP contribution in [0.15, 0.2) is 11.0 Å². The first kappa shape index (κ1) is 12.4. The van der Waals surface area contributed by atoms with Crippen LogP contribution in [0.25, 0.3) is 0 Å². The molecule has 1 aliphatic carbocycles. The Morgan fingerprint density at radius 3 is 2.82 bits per heavy atom. The highest BCUT2D eigenvalue weighted by atomic mass is 35.5. The third-order valence-corrected chi connectivity index (χ3v) is 3.61. The molecule has 0 aromatic carbocycles. The van der Waals surface area contributed by atoms with Crippen LogP contribution in [0.3, 0.4) is 0 Å². The largest absolute Gasteiger partial charge is 0.380 e. The number of aryl methyl sites for hydroxylation is 1. The summed E-state index contributed by atoms with van der Waals surface area (Å²) >= 11 is 6.06. The number of aromatic nitrogens is 2. The molecule has 0 atom stereocenters. The second kappa shape index (κ2) is 5.54. The Labute approximate surface area is 106 Å². The molecule has 94 valence electrons. The van der Waals surface area contributed by atoms with Gasteiger partial charge in [0.2, 0.25) is 0 Å². The minimum atomic E-state index is -0.213. The summed E-state index contributed by atoms with van der Waals surface area (Å²) in [6, 6.07) is 0.430. The van der Waals surface area contributed by atoms with Crippen molar-refractivity contribution in [2.24, 2.45) is 0 Å². The van der Waals surface area contributed by atoms with Crippen LogP contribution in [-0.2, 0) is 6.54 Å². The quantitative estimate of drug-likeness (QED) is 0.903. The highest BCUT2D eigenvalue weighted by molar-refractivity contribution is 6.32. The smallest absolute Gasteiger partial charge is 0.287 e. The molecule has 0 saturated heterocycles. The maximum atomic E-state index is 11.8. The standard InChI is InChI=1S/C12H18ClN3O/c1-2-16-12(17)11(13)10(8-14-16)15-9-6-4-3-5-7-9/h8-9,15H,2-7H2,1H3. The van der Waals surface area contributed by atoms with E-state index in [2.05, 4.69) is 10.4 Å². The second-order valence-electron chi connectivity index (χ2n) is 4.47. The van der Waals surface area contributed by atoms with E-state index >= 15 is 0 Å². The molecule has 17 heavy (non-hydrogen) atoms. The normalized spacial score (nSPS) is 17.1. The Bertz CT molecular complexity index is 438. The minimum Gasteiger partial charge on any atom is -0.380 e. The van der Waals surface area contributed by atoms with Gasteiger partial charge in [-0.1, -0.05) is 30.9 Å². The molecule has 1 aromatic rings. The van der Waals surface area contributed by atoms with Crippen LogP contribution in [0, 0.1) is 0 Å². The zero-order valence-electron chi connectivity index (χ0n) is 10.1. The van der Waals surface area contributed by atoms with Crippen LogP contribution < -0.4 is 10.9 Å². The number of hydrogen-bond donors (Lipinski definition) is 1. The molecule has 0 bridgehead atoms. The molecular formula is C12H18ClN3O. The summed E-state index contributed by atoms with van der Waals surface area (Å²) in [6.45, 7) is 2.42. The van der Waals surface area contributed by atoms with E-state index in [4.69, 9.17) is 11.6 Å². The lowest BCUT2D eigenvalue weighted by atomic mass is 9.95. The molecule has 1 fully saturated rings. The molecule has 0 spiro atoms. The molecule has 0 unspecified atom stereocenters. The van der Waals surface area contributed by atoms with Crippen LogP contribution in [0.4, 0.5) is 5.69 Å². The maximum absolute atomic E-state index is 11.8. The number of nitrogens with one attached hydrogen (secondary N) is 1. The summed E-state index contributed by atoms with van der Waals surface area (Å²) in [5.74, 6) is 0. The van der Waals surface area contributed by atoms with Crippen molar-refractivity contribution in [3.8, 4) is 0 Å². The van der Waals surface area contributed by atoms with E-state index in [0.29, 0.717) is 18.3 Å². The molecule has 2 rings (SSSR count). The summed E-state index contributed by atoms with van der Waals surface area (Å²) in [6.07, 6.45) is 7.74. The SMILES string of the molecule is CCn1ncc(NC2CCCCC2)c(Cl)c1=O. The predicted octanol–water partition coefficient (Wildman–Crippen LogP) is 2.66. The summed E-state index contributed by atoms with van der Waals surface area (Å²) in [7, 11) is 0. The average molecular weight is 256 g/mol. The number of rotatable bonds is 3. The second-order valence-corrected chi connectivity index (χ2v) is 4.85. The van der Waals surface area contributed by atoms with Gasteiger partial charge in [-0.2, -0.15) is 5.10 Å². The molecule has 5 heteroatoms. The summed E-state index contributed by atoms with van der Waals surface area (Å²) < 4.78 is 1.37. The molecule has 0 radical (unpaired) electrons. The van der Waals surface area contributed by atoms with E-state index in [0.717, 1.165) is 12.8 Å². The Morgan fingerprint density at radius 2 is 2.18 bits per heavy atom. The topological polar surface area (TPSA) is 46.9 Å². The minimum absolute atomic E-state index is 0.213. The predicted molar refractivity (Wildman–Crippen MR) is 69.7 cm³/mol. The van der Waals surface area contributed by atoms with E-state index in [1.54, 1.807) is 6.20 Å². The number of anilines is 1. The van der Waals surface area contributed by atoms with E-state index in [9.17, 15) is 4.79 Å². The summed E-state index contributed by atoms with van der Waals surface area (Å²) in [5, 5.41) is 7.67. The molecule has 0 amide bonds. The van der Waals surface area contributed by atoms with Gasteiger partial charge in [-0.05, 0) is 19.8 Å². The Hall–Kier alpha value is -1.03. The summed E-state index contributed by atoms with van der Waals surface area (Å²) in [4.78, 5) is 11.8. The summed E-state index contributed by atoms with van der Waals surface area (Å²) in [5.41, 5.74) is 0.461. The molecule has 4 nitrogen and oxygen atoms in total. The van der Waals surface area contributed by atoms with Gasteiger partial charge in [-0.25, -0.2) is 4.68 Å². The average Bonchev–Trinajstić information content (AvgIpc) is 2.37. The lowest BCUT2D eigenvalue weighted by molar-refractivity contribution is 0.462. The Balaban J connectivity index is 2.15. The van der Waals surface area contributed by atoms with Gasteiger partial charge in [0.1, 0.15) is 5.02 Å². The van der Waals surface area contributed by atoms with E-state index in [1.807, 2.05) is 6.92 Å². The van der Waals surface area contributed by atoms with Crippen molar-refractivity contribution in [1.82, 2.24) is 9.78 Å². The molecule has 1 N–H and O–H groups in total. The van der Waals surface area contributed by atoms with Crippen molar-refractivity contribution < 1.29 is 0 Å². The van der Waals surface area contributed by atoms with Gasteiger partial charge >= 0.3 is 0 Å². The van der Waals surface area contributed by atoms with E-state index in [-0.39, 0.29) is 10.6 Å². The van der Waals surface area contributed by atoms with Gasteiger partial charge in [0, 0.05) is 12.6 Å². The van der Waals surface area contributed by atoms with Crippen molar-refractivity contribution >= 4 is 17.3 Å². The Kier molecular flexibility index (Phi) is 4.05. The monoisotopic (exact) mass is 255 g/mol. The van der Waals surface area contributed by atoms with Crippen molar-refractivity contribution in [2.75, 3.05) is 5.32 Å². The van der Waals surface area contributed by atoms with Crippen LogP contribution in [0.2, 0.25) is 5.02 Å². The van der Waals surface area contributed by atoms with Gasteiger partial charge in [-0.3, -0.25) is 4.79 Å². The lowest BCUT2D eigenvalue weighted by Crippen LogP contribution is -2.27. The van der Waals surface area contributed by atoms with Crippen LogP contribution in [0.1, 0.15) is 39.0 Å².